The van der Waals surface area contributed by atoms with Crippen LogP contribution in [0.3, 0.4) is 0 Å². The van der Waals surface area contributed by atoms with Crippen molar-refractivity contribution >= 4 is 18.0 Å². The number of aromatic hydroxyl groups is 1. The molecule has 1 atom stereocenters. The minimum atomic E-state index is -0.115. The molecule has 4 heteroatoms. The van der Waals surface area contributed by atoms with Crippen molar-refractivity contribution in [3.63, 3.8) is 0 Å². The summed E-state index contributed by atoms with van der Waals surface area (Å²) in [6.07, 6.45) is 5.06. The van der Waals surface area contributed by atoms with Gasteiger partial charge in [0, 0.05) is 23.9 Å². The molecule has 0 unspecified atom stereocenters. The number of hydrogen-bond acceptors (Lipinski definition) is 4. The van der Waals surface area contributed by atoms with Crippen molar-refractivity contribution < 1.29 is 5.11 Å². The summed E-state index contributed by atoms with van der Waals surface area (Å²) < 4.78 is 0. The van der Waals surface area contributed by atoms with E-state index in [1.54, 1.807) is 0 Å². The van der Waals surface area contributed by atoms with Crippen LogP contribution in [-0.2, 0) is 10.8 Å². The van der Waals surface area contributed by atoms with E-state index in [1.165, 1.54) is 5.56 Å². The molecule has 0 spiro atoms. The van der Waals surface area contributed by atoms with Crippen LogP contribution in [0.15, 0.2) is 17.1 Å². The molecular weight excluding hydrogens is 340 g/mol. The van der Waals surface area contributed by atoms with Crippen molar-refractivity contribution in [1.82, 2.24) is 4.90 Å². The molecule has 0 fully saturated rings. The second kappa shape index (κ2) is 9.27. The predicted molar refractivity (Wildman–Crippen MR) is 118 cm³/mol. The molecule has 1 N–H and O–H groups in total. The Balaban J connectivity index is 3.32. The Morgan fingerprint density at radius 1 is 1.12 bits per heavy atom. The van der Waals surface area contributed by atoms with E-state index in [2.05, 4.69) is 78.9 Å². The van der Waals surface area contributed by atoms with E-state index in [-0.39, 0.29) is 16.9 Å². The molecule has 26 heavy (non-hydrogen) atoms. The quantitative estimate of drug-likeness (QED) is 0.671. The summed E-state index contributed by atoms with van der Waals surface area (Å²) >= 11 is 1.85. The minimum Gasteiger partial charge on any atom is -0.507 e. The Labute approximate surface area is 165 Å². The maximum Gasteiger partial charge on any atom is 0.128 e. The van der Waals surface area contributed by atoms with E-state index < -0.39 is 0 Å². The lowest BCUT2D eigenvalue weighted by atomic mass is 9.79. The number of rotatable bonds is 7. The first-order valence-electron chi connectivity index (χ1n) is 9.41. The zero-order valence-corrected chi connectivity index (χ0v) is 19.0. The van der Waals surface area contributed by atoms with Crippen LogP contribution in [0.4, 0.5) is 0 Å². The first-order valence-corrected chi connectivity index (χ1v) is 10.8. The summed E-state index contributed by atoms with van der Waals surface area (Å²) in [4.78, 5) is 7.01. The van der Waals surface area contributed by atoms with Gasteiger partial charge < -0.3 is 10.0 Å². The van der Waals surface area contributed by atoms with E-state index in [0.717, 1.165) is 29.8 Å². The van der Waals surface area contributed by atoms with Gasteiger partial charge in [0.2, 0.25) is 0 Å². The van der Waals surface area contributed by atoms with Crippen molar-refractivity contribution in [1.29, 1.82) is 0 Å². The highest BCUT2D eigenvalue weighted by atomic mass is 32.2. The van der Waals surface area contributed by atoms with Crippen molar-refractivity contribution in [2.45, 2.75) is 64.8 Å². The molecule has 0 saturated heterocycles. The van der Waals surface area contributed by atoms with Gasteiger partial charge in [-0.1, -0.05) is 47.6 Å². The number of benzene rings is 1. The average Bonchev–Trinajstić information content (AvgIpc) is 2.48. The molecule has 0 aliphatic heterocycles. The lowest BCUT2D eigenvalue weighted by Crippen LogP contribution is -2.25. The number of aliphatic imine (C=N–C) groups is 1. The predicted octanol–water partition coefficient (Wildman–Crippen LogP) is 5.09. The Kier molecular flexibility index (Phi) is 8.22. The van der Waals surface area contributed by atoms with Crippen molar-refractivity contribution in [3.05, 3.63) is 28.8 Å². The molecule has 0 saturated carbocycles. The highest BCUT2D eigenvalue weighted by Gasteiger charge is 2.24. The van der Waals surface area contributed by atoms with Crippen molar-refractivity contribution in [3.8, 4) is 5.75 Å². The van der Waals surface area contributed by atoms with Gasteiger partial charge in [-0.3, -0.25) is 4.99 Å². The normalized spacial score (nSPS) is 14.4. The van der Waals surface area contributed by atoms with Gasteiger partial charge in [-0.05, 0) is 55.0 Å². The zero-order chi connectivity index (χ0) is 20.1. The molecule has 0 aromatic heterocycles. The molecule has 0 aliphatic carbocycles. The second-order valence-electron chi connectivity index (χ2n) is 9.44. The SMILES string of the molecule is CSCC[C@@H](CN(C)C)N=Cc1cc(C(C)(C)C)cc(C(C)(C)C)c1O. The molecule has 0 amide bonds. The number of nitrogens with zero attached hydrogens (tertiary/aromatic N) is 2. The number of phenols is 1. The molecule has 0 radical (unpaired) electrons. The lowest BCUT2D eigenvalue weighted by Gasteiger charge is -2.27. The smallest absolute Gasteiger partial charge is 0.128 e. The Bertz CT molecular complexity index is 610. The molecule has 0 aliphatic rings. The van der Waals surface area contributed by atoms with Crippen LogP contribution in [0.25, 0.3) is 0 Å². The van der Waals surface area contributed by atoms with Gasteiger partial charge >= 0.3 is 0 Å². The first-order chi connectivity index (χ1) is 11.9. The standard InChI is InChI=1S/C22H38N2OS/c1-21(2,3)17-12-16(20(25)19(13-17)22(4,5)6)14-23-18(10-11-26-9)15-24(7)8/h12-14,18,25H,10-11,15H2,1-9H3/t18-/m0/s1. The van der Waals surface area contributed by atoms with Crippen LogP contribution in [0.2, 0.25) is 0 Å². The third-order valence-corrected chi connectivity index (χ3v) is 5.11. The van der Waals surface area contributed by atoms with Crippen molar-refractivity contribution in [2.75, 3.05) is 32.6 Å². The van der Waals surface area contributed by atoms with E-state index in [0.29, 0.717) is 5.75 Å². The fourth-order valence-electron chi connectivity index (χ4n) is 2.83. The number of likely N-dealkylation sites (N-methyl/N-ethyl adjacent to an activating group) is 1. The number of hydrogen-bond donors (Lipinski definition) is 1. The minimum absolute atomic E-state index is 0.0260. The summed E-state index contributed by atoms with van der Waals surface area (Å²) in [6.45, 7) is 14.0. The summed E-state index contributed by atoms with van der Waals surface area (Å²) in [7, 11) is 4.16. The highest BCUT2D eigenvalue weighted by Crippen LogP contribution is 2.37. The number of phenolic OH excluding ortho intramolecular Hbond substituents is 1. The third-order valence-electron chi connectivity index (χ3n) is 4.47. The largest absolute Gasteiger partial charge is 0.507 e. The molecule has 1 aromatic rings. The molecule has 1 aromatic carbocycles. The lowest BCUT2D eigenvalue weighted by molar-refractivity contribution is 0.370. The highest BCUT2D eigenvalue weighted by molar-refractivity contribution is 7.98. The average molecular weight is 379 g/mol. The van der Waals surface area contributed by atoms with Crippen LogP contribution in [-0.4, -0.2) is 54.9 Å². The third kappa shape index (κ3) is 6.96. The molecule has 0 bridgehead atoms. The summed E-state index contributed by atoms with van der Waals surface area (Å²) in [5.41, 5.74) is 2.96. The van der Waals surface area contributed by atoms with E-state index >= 15 is 0 Å². The van der Waals surface area contributed by atoms with Gasteiger partial charge in [0.05, 0.1) is 6.04 Å². The Morgan fingerprint density at radius 3 is 2.19 bits per heavy atom. The van der Waals surface area contributed by atoms with Crippen LogP contribution in [0, 0.1) is 0 Å². The van der Waals surface area contributed by atoms with Crippen molar-refractivity contribution in [2.24, 2.45) is 4.99 Å². The monoisotopic (exact) mass is 378 g/mol. The van der Waals surface area contributed by atoms with Gasteiger partial charge in [0.15, 0.2) is 0 Å². The topological polar surface area (TPSA) is 35.8 Å². The van der Waals surface area contributed by atoms with Gasteiger partial charge in [-0.15, -0.1) is 0 Å². The maximum atomic E-state index is 10.9. The first kappa shape index (κ1) is 23.0. The van der Waals surface area contributed by atoms with Crippen LogP contribution < -0.4 is 0 Å². The molecule has 0 heterocycles. The summed E-state index contributed by atoms with van der Waals surface area (Å²) in [5.74, 6) is 1.46. The van der Waals surface area contributed by atoms with Gasteiger partial charge in [0.25, 0.3) is 0 Å². The molecular formula is C22H38N2OS. The van der Waals surface area contributed by atoms with Crippen LogP contribution >= 0.6 is 11.8 Å². The fourth-order valence-corrected chi connectivity index (χ4v) is 3.34. The van der Waals surface area contributed by atoms with Gasteiger partial charge in [-0.25, -0.2) is 0 Å². The van der Waals surface area contributed by atoms with Crippen LogP contribution in [0.1, 0.15) is 64.7 Å². The van der Waals surface area contributed by atoms with Gasteiger partial charge in [0.1, 0.15) is 5.75 Å². The molecule has 148 valence electrons. The number of thioether (sulfide) groups is 1. The Hall–Kier alpha value is -1.00. The fraction of sp³-hybridized carbons (Fsp3) is 0.682. The van der Waals surface area contributed by atoms with E-state index in [4.69, 9.17) is 4.99 Å². The van der Waals surface area contributed by atoms with E-state index in [9.17, 15) is 5.11 Å². The second-order valence-corrected chi connectivity index (χ2v) is 10.4. The molecule has 3 nitrogen and oxygen atoms in total. The van der Waals surface area contributed by atoms with Gasteiger partial charge in [-0.2, -0.15) is 11.8 Å². The van der Waals surface area contributed by atoms with E-state index in [1.807, 2.05) is 18.0 Å². The zero-order valence-electron chi connectivity index (χ0n) is 18.2. The molecule has 1 rings (SSSR count). The Morgan fingerprint density at radius 2 is 1.73 bits per heavy atom. The maximum absolute atomic E-state index is 10.9. The summed E-state index contributed by atoms with van der Waals surface area (Å²) in [5, 5.41) is 10.9. The van der Waals surface area contributed by atoms with Crippen LogP contribution in [0.5, 0.6) is 5.75 Å². The summed E-state index contributed by atoms with van der Waals surface area (Å²) in [6, 6.07) is 4.49.